The monoisotopic (exact) mass is 671 g/mol. The number of ether oxygens (including phenoxy) is 1. The van der Waals surface area contributed by atoms with E-state index in [-0.39, 0.29) is 28.5 Å². The summed E-state index contributed by atoms with van der Waals surface area (Å²) in [6.45, 7) is 1.88. The average molecular weight is 672 g/mol. The van der Waals surface area contributed by atoms with E-state index in [0.29, 0.717) is 16.1 Å². The molecule has 2 aliphatic rings. The van der Waals surface area contributed by atoms with Crippen LogP contribution in [0.25, 0.3) is 6.08 Å². The van der Waals surface area contributed by atoms with Gasteiger partial charge in [0, 0.05) is 5.56 Å². The number of amidine groups is 1. The van der Waals surface area contributed by atoms with Crippen molar-refractivity contribution in [3.05, 3.63) is 148 Å². The summed E-state index contributed by atoms with van der Waals surface area (Å²) >= 11 is 3.04. The molecule has 5 aromatic rings. The summed E-state index contributed by atoms with van der Waals surface area (Å²) in [6, 6.07) is 34.9. The van der Waals surface area contributed by atoms with Crippen LogP contribution in [0.1, 0.15) is 43.4 Å². The number of fused-ring (bicyclic) bond motifs is 2. The van der Waals surface area contributed by atoms with Crippen LogP contribution in [-0.4, -0.2) is 40.4 Å². The second kappa shape index (κ2) is 13.8. The van der Waals surface area contributed by atoms with Crippen LogP contribution in [0.5, 0.6) is 5.75 Å². The Labute approximate surface area is 287 Å². The van der Waals surface area contributed by atoms with Gasteiger partial charge in [-0.25, -0.2) is 4.99 Å². The molecule has 0 aliphatic carbocycles. The van der Waals surface area contributed by atoms with Gasteiger partial charge in [0.25, 0.3) is 11.8 Å². The highest BCUT2D eigenvalue weighted by Crippen LogP contribution is 2.46. The van der Waals surface area contributed by atoms with Crippen molar-refractivity contribution in [3.63, 3.8) is 0 Å². The van der Waals surface area contributed by atoms with E-state index in [1.54, 1.807) is 31.0 Å². The molecule has 4 aromatic carbocycles. The number of thioether (sulfide) groups is 1. The number of carbonyl (C=O) groups excluding carboxylic acids is 2. The van der Waals surface area contributed by atoms with Crippen LogP contribution in [0.2, 0.25) is 0 Å². The van der Waals surface area contributed by atoms with Gasteiger partial charge < -0.3 is 15.4 Å². The zero-order valence-corrected chi connectivity index (χ0v) is 27.9. The van der Waals surface area contributed by atoms with Gasteiger partial charge in [-0.3, -0.25) is 20.0 Å². The standard InChI is InChI=1S/C38H33N5O3S2/c1-24-23-47-38(41-36(44)27-13-7-4-8-14-27)32(24)37(45)42-43-31(22-17-25-11-5-3-6-12-25)48-34-33(26-18-20-28(46-2)21-19-26)39-29-15-9-10-16-30(29)40-35(34)43/h3-23,31,33-34,39H,1-2H3,(H,41,44)(H,42,45)/b22-17+. The summed E-state index contributed by atoms with van der Waals surface area (Å²) in [5.74, 6) is 0.896. The molecule has 240 valence electrons. The fourth-order valence-corrected chi connectivity index (χ4v) is 8.13. The van der Waals surface area contributed by atoms with Gasteiger partial charge in [-0.2, -0.15) is 0 Å². The highest BCUT2D eigenvalue weighted by atomic mass is 32.2. The lowest BCUT2D eigenvalue weighted by atomic mass is 10.0. The maximum Gasteiger partial charge on any atom is 0.273 e. The number of nitrogens with one attached hydrogen (secondary N) is 3. The van der Waals surface area contributed by atoms with Crippen molar-refractivity contribution in [2.75, 3.05) is 17.7 Å². The number of hydrogen-bond acceptors (Lipinski definition) is 8. The number of aliphatic imine (C=N–C) groups is 1. The number of hydrogen-bond donors (Lipinski definition) is 3. The Morgan fingerprint density at radius 1 is 0.896 bits per heavy atom. The molecule has 0 spiro atoms. The van der Waals surface area contributed by atoms with E-state index in [9.17, 15) is 9.59 Å². The van der Waals surface area contributed by atoms with Crippen LogP contribution >= 0.6 is 23.1 Å². The maximum absolute atomic E-state index is 14.3. The minimum Gasteiger partial charge on any atom is -0.497 e. The minimum atomic E-state index is -0.328. The summed E-state index contributed by atoms with van der Waals surface area (Å²) in [7, 11) is 1.66. The topological polar surface area (TPSA) is 95.1 Å². The molecule has 0 radical (unpaired) electrons. The summed E-state index contributed by atoms with van der Waals surface area (Å²) in [4.78, 5) is 32.5. The first-order valence-electron chi connectivity index (χ1n) is 15.5. The molecular formula is C38H33N5O3S2. The van der Waals surface area contributed by atoms with Crippen LogP contribution in [0.3, 0.4) is 0 Å². The van der Waals surface area contributed by atoms with Gasteiger partial charge in [0.05, 0.1) is 35.3 Å². The average Bonchev–Trinajstić information content (AvgIpc) is 3.60. The van der Waals surface area contributed by atoms with Crippen molar-refractivity contribution in [1.82, 2.24) is 10.4 Å². The first-order chi connectivity index (χ1) is 23.5. The van der Waals surface area contributed by atoms with Gasteiger partial charge in [-0.05, 0) is 71.5 Å². The lowest BCUT2D eigenvalue weighted by Crippen LogP contribution is -2.48. The molecule has 2 amide bonds. The molecule has 1 fully saturated rings. The molecule has 3 N–H and O–H groups in total. The van der Waals surface area contributed by atoms with E-state index in [1.165, 1.54) is 11.3 Å². The number of anilines is 2. The van der Waals surface area contributed by atoms with Gasteiger partial charge in [-0.15, -0.1) is 23.1 Å². The fourth-order valence-electron chi connectivity index (χ4n) is 5.77. The lowest BCUT2D eigenvalue weighted by Gasteiger charge is -2.26. The number of benzene rings is 4. The summed E-state index contributed by atoms with van der Waals surface area (Å²) in [5.41, 5.74) is 8.72. The zero-order chi connectivity index (χ0) is 33.0. The largest absolute Gasteiger partial charge is 0.497 e. The van der Waals surface area contributed by atoms with Crippen molar-refractivity contribution in [3.8, 4) is 5.75 Å². The SMILES string of the molecule is COc1ccc(C2Nc3ccccc3N=C3C2SC(/C=C/c2ccccc2)N3NC(=O)c2c(C)csc2NC(=O)c2ccccc2)cc1. The van der Waals surface area contributed by atoms with Crippen molar-refractivity contribution < 1.29 is 14.3 Å². The molecule has 10 heteroatoms. The van der Waals surface area contributed by atoms with Crippen LogP contribution in [0.15, 0.2) is 126 Å². The molecule has 3 unspecified atom stereocenters. The summed E-state index contributed by atoms with van der Waals surface area (Å²) in [5, 5.41) is 10.5. The Morgan fingerprint density at radius 3 is 2.35 bits per heavy atom. The molecule has 1 saturated heterocycles. The number of amides is 2. The highest BCUT2D eigenvalue weighted by Gasteiger charge is 2.45. The molecular weight excluding hydrogens is 639 g/mol. The van der Waals surface area contributed by atoms with Crippen LogP contribution in [0.4, 0.5) is 16.4 Å². The number of methoxy groups -OCH3 is 1. The molecule has 3 atom stereocenters. The number of aryl methyl sites for hydroxylation is 1. The first kappa shape index (κ1) is 31.3. The number of thiophene rings is 1. The van der Waals surface area contributed by atoms with Gasteiger partial charge >= 0.3 is 0 Å². The predicted octanol–water partition coefficient (Wildman–Crippen LogP) is 8.32. The van der Waals surface area contributed by atoms with E-state index in [4.69, 9.17) is 9.73 Å². The molecule has 7 rings (SSSR count). The fraction of sp³-hybridized carbons (Fsp3) is 0.132. The third-order valence-corrected chi connectivity index (χ3v) is 10.6. The molecule has 2 aliphatic heterocycles. The third kappa shape index (κ3) is 6.45. The van der Waals surface area contributed by atoms with Gasteiger partial charge in [0.15, 0.2) is 0 Å². The van der Waals surface area contributed by atoms with E-state index < -0.39 is 0 Å². The van der Waals surface area contributed by atoms with Crippen molar-refractivity contribution in [2.24, 2.45) is 4.99 Å². The maximum atomic E-state index is 14.3. The highest BCUT2D eigenvalue weighted by molar-refractivity contribution is 8.01. The molecule has 8 nitrogen and oxygen atoms in total. The molecule has 3 heterocycles. The van der Waals surface area contributed by atoms with Crippen molar-refractivity contribution in [1.29, 1.82) is 0 Å². The van der Waals surface area contributed by atoms with E-state index >= 15 is 0 Å². The Hall–Kier alpha value is -5.32. The summed E-state index contributed by atoms with van der Waals surface area (Å²) in [6.07, 6.45) is 4.15. The quantitative estimate of drug-likeness (QED) is 0.154. The first-order valence-corrected chi connectivity index (χ1v) is 17.3. The predicted molar refractivity (Wildman–Crippen MR) is 196 cm³/mol. The normalized spacial score (nSPS) is 18.2. The molecule has 48 heavy (non-hydrogen) atoms. The molecule has 1 aromatic heterocycles. The Morgan fingerprint density at radius 2 is 1.60 bits per heavy atom. The molecule has 0 saturated carbocycles. The van der Waals surface area contributed by atoms with Crippen LogP contribution < -0.4 is 20.8 Å². The number of para-hydroxylation sites is 2. The Balaban J connectivity index is 1.27. The van der Waals surface area contributed by atoms with Crippen LogP contribution in [0, 0.1) is 6.92 Å². The number of nitrogens with zero attached hydrogens (tertiary/aromatic N) is 2. The second-order valence-electron chi connectivity index (χ2n) is 11.4. The van der Waals surface area contributed by atoms with E-state index in [0.717, 1.165) is 39.7 Å². The summed E-state index contributed by atoms with van der Waals surface area (Å²) < 4.78 is 5.44. The second-order valence-corrected chi connectivity index (χ2v) is 13.5. The van der Waals surface area contributed by atoms with Crippen molar-refractivity contribution in [2.45, 2.75) is 23.6 Å². The third-order valence-electron chi connectivity index (χ3n) is 8.21. The van der Waals surface area contributed by atoms with E-state index in [2.05, 4.69) is 40.3 Å². The molecule has 0 bridgehead atoms. The van der Waals surface area contributed by atoms with E-state index in [1.807, 2.05) is 102 Å². The van der Waals surface area contributed by atoms with Gasteiger partial charge in [0.2, 0.25) is 0 Å². The van der Waals surface area contributed by atoms with Crippen LogP contribution in [-0.2, 0) is 0 Å². The van der Waals surface area contributed by atoms with Gasteiger partial charge in [0.1, 0.15) is 22.0 Å². The minimum absolute atomic E-state index is 0.165. The smallest absolute Gasteiger partial charge is 0.273 e. The Kier molecular flexibility index (Phi) is 9.00. The number of carbonyl (C=O) groups is 2. The number of hydrazine groups is 1. The van der Waals surface area contributed by atoms with Crippen molar-refractivity contribution >= 4 is 63.2 Å². The Bertz CT molecular complexity index is 1990. The zero-order valence-electron chi connectivity index (χ0n) is 26.3. The number of rotatable bonds is 8. The van der Waals surface area contributed by atoms with Gasteiger partial charge in [-0.1, -0.05) is 78.9 Å². The lowest BCUT2D eigenvalue weighted by molar-refractivity contribution is 0.0873.